The average Bonchev–Trinajstić information content (AvgIpc) is 3.31. The van der Waals surface area contributed by atoms with E-state index in [2.05, 4.69) is 48.5 Å². The summed E-state index contributed by atoms with van der Waals surface area (Å²) in [5, 5.41) is 10.7. The Hall–Kier alpha value is -0.430. The maximum absolute atomic E-state index is 11.6. The zero-order valence-corrected chi connectivity index (χ0v) is 24.5. The Morgan fingerprint density at radius 3 is 2.22 bits per heavy atom. The maximum Gasteiger partial charge on any atom is 0.397 e. The monoisotopic (exact) mass is 522 g/mol. The molecule has 5 aliphatic carbocycles. The van der Waals surface area contributed by atoms with Crippen LogP contribution in [0.3, 0.4) is 0 Å². The predicted octanol–water partition coefficient (Wildman–Crippen LogP) is 6.97. The molecule has 5 saturated carbocycles. The summed E-state index contributed by atoms with van der Waals surface area (Å²) in [5.74, 6) is 2.34. The summed E-state index contributed by atoms with van der Waals surface area (Å²) in [7, 11) is -4.44. The van der Waals surface area contributed by atoms with Crippen LogP contribution in [0.1, 0.15) is 113 Å². The first-order valence-corrected chi connectivity index (χ1v) is 15.9. The zero-order valence-electron chi connectivity index (χ0n) is 23.6. The lowest BCUT2D eigenvalue weighted by molar-refractivity contribution is -0.158. The molecule has 0 radical (unpaired) electrons. The summed E-state index contributed by atoms with van der Waals surface area (Å²) < 4.78 is 37.8. The van der Waals surface area contributed by atoms with Gasteiger partial charge in [0.05, 0.1) is 12.2 Å². The number of aliphatic hydroxyl groups is 1. The molecule has 0 aromatic rings. The predicted molar refractivity (Wildman–Crippen MR) is 143 cm³/mol. The van der Waals surface area contributed by atoms with Gasteiger partial charge < -0.3 is 5.11 Å². The van der Waals surface area contributed by atoms with Crippen molar-refractivity contribution in [2.24, 2.45) is 50.7 Å². The maximum atomic E-state index is 11.6. The molecule has 0 aromatic carbocycles. The Morgan fingerprint density at radius 1 is 0.944 bits per heavy atom. The fourth-order valence-corrected chi connectivity index (χ4v) is 12.2. The Morgan fingerprint density at radius 2 is 1.58 bits per heavy atom. The van der Waals surface area contributed by atoms with E-state index in [4.69, 9.17) is 4.18 Å². The first-order valence-electron chi connectivity index (χ1n) is 14.5. The summed E-state index contributed by atoms with van der Waals surface area (Å²) in [4.78, 5) is 0. The number of fused-ring (bicyclic) bond motifs is 2. The second-order valence-electron chi connectivity index (χ2n) is 15.0. The van der Waals surface area contributed by atoms with E-state index in [1.807, 2.05) is 6.08 Å². The molecule has 5 nitrogen and oxygen atoms in total. The van der Waals surface area contributed by atoms with Crippen molar-refractivity contribution in [1.29, 1.82) is 0 Å². The van der Waals surface area contributed by atoms with Gasteiger partial charge in [0.2, 0.25) is 0 Å². The molecule has 0 heterocycles. The molecule has 2 spiro atoms. The summed E-state index contributed by atoms with van der Waals surface area (Å²) >= 11 is 0. The standard InChI is InChI=1S/C30H50O5S/c1-19(2)16-21(31)17-20(3)22-10-12-28(7)24-9-8-23-26(4,5)25(35-36(32,33)34)11-13-29(23)18-30(24,29)15-14-27(22,28)6/h16,20-25,31H,8-15,17-18H2,1-7H3,(H,32,33,34). The molecule has 6 heteroatoms. The number of hydrogen-bond donors (Lipinski definition) is 2. The van der Waals surface area contributed by atoms with Crippen molar-refractivity contribution in [1.82, 2.24) is 0 Å². The van der Waals surface area contributed by atoms with Crippen molar-refractivity contribution in [3.63, 3.8) is 0 Å². The molecular weight excluding hydrogens is 472 g/mol. The highest BCUT2D eigenvalue weighted by Crippen LogP contribution is 2.89. The van der Waals surface area contributed by atoms with Crippen LogP contribution < -0.4 is 0 Å². The van der Waals surface area contributed by atoms with Crippen LogP contribution in [0.15, 0.2) is 11.6 Å². The van der Waals surface area contributed by atoms with Gasteiger partial charge in [0.1, 0.15) is 0 Å². The van der Waals surface area contributed by atoms with Crippen molar-refractivity contribution in [2.75, 3.05) is 0 Å². The summed E-state index contributed by atoms with van der Waals surface area (Å²) in [6, 6.07) is 0. The van der Waals surface area contributed by atoms with E-state index < -0.39 is 16.5 Å². The Balaban J connectivity index is 1.39. The summed E-state index contributed by atoms with van der Waals surface area (Å²) in [6.45, 7) is 16.1. The second kappa shape index (κ2) is 8.29. The van der Waals surface area contributed by atoms with Crippen LogP contribution in [0.25, 0.3) is 0 Å². The molecule has 0 saturated heterocycles. The molecule has 5 fully saturated rings. The molecule has 10 unspecified atom stereocenters. The van der Waals surface area contributed by atoms with E-state index in [1.54, 1.807) is 0 Å². The van der Waals surface area contributed by atoms with Crippen LogP contribution in [-0.2, 0) is 14.6 Å². The van der Waals surface area contributed by atoms with Gasteiger partial charge in [-0.3, -0.25) is 4.55 Å². The van der Waals surface area contributed by atoms with E-state index in [0.717, 1.165) is 25.2 Å². The van der Waals surface area contributed by atoms with Crippen LogP contribution in [0.4, 0.5) is 0 Å². The van der Waals surface area contributed by atoms with Crippen molar-refractivity contribution in [3.8, 4) is 0 Å². The average molecular weight is 523 g/mol. The topological polar surface area (TPSA) is 83.8 Å². The third-order valence-electron chi connectivity index (χ3n) is 13.2. The van der Waals surface area contributed by atoms with Crippen molar-refractivity contribution < 1.29 is 22.3 Å². The van der Waals surface area contributed by atoms with E-state index >= 15 is 0 Å². The Labute approximate surface area is 219 Å². The van der Waals surface area contributed by atoms with Crippen LogP contribution in [-0.4, -0.2) is 30.3 Å². The number of rotatable bonds is 6. The molecule has 36 heavy (non-hydrogen) atoms. The first-order chi connectivity index (χ1) is 16.5. The third kappa shape index (κ3) is 3.67. The van der Waals surface area contributed by atoms with Gasteiger partial charge in [-0.15, -0.1) is 0 Å². The lowest BCUT2D eigenvalue weighted by Crippen LogP contribution is -2.58. The van der Waals surface area contributed by atoms with Crippen LogP contribution >= 0.6 is 0 Å². The van der Waals surface area contributed by atoms with Crippen LogP contribution in [0.5, 0.6) is 0 Å². The fraction of sp³-hybridized carbons (Fsp3) is 0.933. The van der Waals surface area contributed by atoms with E-state index in [-0.39, 0.29) is 11.5 Å². The summed E-state index contributed by atoms with van der Waals surface area (Å²) in [6.07, 6.45) is 12.6. The highest BCUT2D eigenvalue weighted by molar-refractivity contribution is 7.80. The Bertz CT molecular complexity index is 1030. The normalized spacial score (nSPS) is 48.6. The molecule has 206 valence electrons. The molecule has 0 aliphatic heterocycles. The fourth-order valence-electron chi connectivity index (χ4n) is 11.6. The number of allylic oxidation sites excluding steroid dienone is 1. The van der Waals surface area contributed by atoms with E-state index in [1.165, 1.54) is 44.1 Å². The van der Waals surface area contributed by atoms with E-state index in [0.29, 0.717) is 45.8 Å². The largest absolute Gasteiger partial charge is 0.397 e. The van der Waals surface area contributed by atoms with E-state index in [9.17, 15) is 18.1 Å². The lowest BCUT2D eigenvalue weighted by atomic mass is 9.41. The molecule has 10 atom stereocenters. The minimum atomic E-state index is -4.44. The summed E-state index contributed by atoms with van der Waals surface area (Å²) in [5.41, 5.74) is 2.26. The highest BCUT2D eigenvalue weighted by atomic mass is 32.3. The molecule has 0 aromatic heterocycles. The van der Waals surface area contributed by atoms with Crippen molar-refractivity contribution in [2.45, 2.75) is 125 Å². The van der Waals surface area contributed by atoms with Crippen molar-refractivity contribution >= 4 is 10.4 Å². The minimum absolute atomic E-state index is 0.266. The molecule has 0 bridgehead atoms. The van der Waals surface area contributed by atoms with Gasteiger partial charge in [-0.2, -0.15) is 8.42 Å². The second-order valence-corrected chi connectivity index (χ2v) is 16.1. The number of hydrogen-bond acceptors (Lipinski definition) is 4. The SMILES string of the molecule is CC(C)=CC(O)CC(C)C1CCC2(C)C3CCC4C(C)(C)C(OS(=O)(=O)O)CCC45CC35CCC12C. The smallest absolute Gasteiger partial charge is 0.389 e. The van der Waals surface area contributed by atoms with Gasteiger partial charge in [0.25, 0.3) is 0 Å². The van der Waals surface area contributed by atoms with Crippen molar-refractivity contribution in [3.05, 3.63) is 11.6 Å². The molecule has 0 amide bonds. The van der Waals surface area contributed by atoms with Gasteiger partial charge in [0.15, 0.2) is 0 Å². The van der Waals surface area contributed by atoms with Gasteiger partial charge in [-0.05, 0) is 129 Å². The molecule has 2 N–H and O–H groups in total. The Kier molecular flexibility index (Phi) is 6.25. The zero-order chi connectivity index (χ0) is 26.5. The molecule has 5 rings (SSSR count). The van der Waals surface area contributed by atoms with Crippen LogP contribution in [0.2, 0.25) is 0 Å². The van der Waals surface area contributed by atoms with Crippen LogP contribution in [0, 0.1) is 50.7 Å². The minimum Gasteiger partial charge on any atom is -0.389 e. The number of aliphatic hydroxyl groups excluding tert-OH is 1. The third-order valence-corrected chi connectivity index (χ3v) is 13.7. The lowest BCUT2D eigenvalue weighted by Gasteiger charge is -2.63. The van der Waals surface area contributed by atoms with Gasteiger partial charge >= 0.3 is 10.4 Å². The van der Waals surface area contributed by atoms with Gasteiger partial charge in [0, 0.05) is 0 Å². The molecule has 5 aliphatic rings. The highest BCUT2D eigenvalue weighted by Gasteiger charge is 2.82. The quantitative estimate of drug-likeness (QED) is 0.291. The van der Waals surface area contributed by atoms with Gasteiger partial charge in [-0.1, -0.05) is 46.3 Å². The van der Waals surface area contributed by atoms with Gasteiger partial charge in [-0.25, -0.2) is 4.18 Å². The molecular formula is C30H50O5S. The first kappa shape index (κ1) is 27.1.